The number of nitrogens with zero attached hydrogens (tertiary/aromatic N) is 4. The van der Waals surface area contributed by atoms with Gasteiger partial charge < -0.3 is 10.1 Å². The summed E-state index contributed by atoms with van der Waals surface area (Å²) in [5.41, 5.74) is 5.43. The second-order valence-corrected chi connectivity index (χ2v) is 9.82. The van der Waals surface area contributed by atoms with Gasteiger partial charge in [-0.15, -0.1) is 56.4 Å². The van der Waals surface area contributed by atoms with Gasteiger partial charge in [-0.3, -0.25) is 9.20 Å². The largest absolute Gasteiger partial charge is 0.512 e. The molecular weight excluding hydrogens is 649 g/mol. The van der Waals surface area contributed by atoms with Crippen LogP contribution in [0.3, 0.4) is 0 Å². The van der Waals surface area contributed by atoms with Crippen LogP contribution in [0.2, 0.25) is 0 Å². The third-order valence-electron chi connectivity index (χ3n) is 6.34. The normalized spacial score (nSPS) is 11.6. The number of aliphatic hydroxyl groups is 1. The van der Waals surface area contributed by atoms with Crippen molar-refractivity contribution in [1.82, 2.24) is 19.6 Å². The van der Waals surface area contributed by atoms with Gasteiger partial charge in [0.05, 0.1) is 11.3 Å². The maximum atomic E-state index is 11.7. The van der Waals surface area contributed by atoms with Gasteiger partial charge in [-0.2, -0.15) is 0 Å². The van der Waals surface area contributed by atoms with Crippen molar-refractivity contribution in [1.29, 1.82) is 0 Å². The van der Waals surface area contributed by atoms with Crippen LogP contribution in [0.1, 0.15) is 64.5 Å². The van der Waals surface area contributed by atoms with Gasteiger partial charge in [-0.25, -0.2) is 0 Å². The van der Waals surface area contributed by atoms with Gasteiger partial charge in [0, 0.05) is 54.6 Å². The first-order chi connectivity index (χ1) is 16.8. The van der Waals surface area contributed by atoms with Crippen LogP contribution < -0.4 is 0 Å². The molecule has 1 N–H and O–H groups in total. The molecule has 6 nitrogen and oxygen atoms in total. The van der Waals surface area contributed by atoms with Crippen molar-refractivity contribution in [2.45, 2.75) is 67.2 Å². The number of carbonyl (C=O) groups is 1. The van der Waals surface area contributed by atoms with Gasteiger partial charge in [0.25, 0.3) is 0 Å². The summed E-state index contributed by atoms with van der Waals surface area (Å²) >= 11 is 1.61. The first-order valence-electron chi connectivity index (χ1n) is 12.3. The number of aryl methyl sites for hydroxylation is 2. The standard InChI is InChI=1S/C15H11N4S.C13H24O2.Ir/c1-9-5-10(2)7-11(6-9)13-14-12(3-4-16-13)19-8-17-18-15(19)20-14;1-5-10(6-2)12(14)9-13(15)11(7-3)8-4;/h3-6,8H,1-2H3;9-11,14H,5-8H2,1-4H3;/q-1;;/b;12-9-;. The predicted molar refractivity (Wildman–Crippen MR) is 144 cm³/mol. The minimum atomic E-state index is 0. The fourth-order valence-electron chi connectivity index (χ4n) is 4.27. The third-order valence-corrected chi connectivity index (χ3v) is 7.41. The van der Waals surface area contributed by atoms with Crippen LogP contribution in [-0.4, -0.2) is 30.5 Å². The average molecular weight is 684 g/mol. The Labute approximate surface area is 231 Å². The van der Waals surface area contributed by atoms with E-state index in [-0.39, 0.29) is 43.5 Å². The molecule has 0 fully saturated rings. The first-order valence-corrected chi connectivity index (χ1v) is 13.2. The maximum Gasteiger partial charge on any atom is 0.216 e. The number of rotatable bonds is 8. The molecule has 36 heavy (non-hydrogen) atoms. The van der Waals surface area contributed by atoms with Crippen molar-refractivity contribution in [2.24, 2.45) is 11.8 Å². The molecule has 0 bridgehead atoms. The number of hydrogen-bond acceptors (Lipinski definition) is 6. The van der Waals surface area contributed by atoms with Crippen LogP contribution in [0.4, 0.5) is 0 Å². The molecule has 4 aromatic rings. The smallest absolute Gasteiger partial charge is 0.216 e. The molecule has 0 amide bonds. The fraction of sp³-hybridized carbons (Fsp3) is 0.429. The Morgan fingerprint density at radius 2 is 1.78 bits per heavy atom. The second-order valence-electron chi connectivity index (χ2n) is 8.85. The molecule has 0 spiro atoms. The van der Waals surface area contributed by atoms with Crippen molar-refractivity contribution in [3.63, 3.8) is 0 Å². The van der Waals surface area contributed by atoms with E-state index in [0.717, 1.165) is 57.7 Å². The molecule has 0 saturated carbocycles. The number of pyridine rings is 1. The minimum Gasteiger partial charge on any atom is -0.512 e. The number of thiazole rings is 1. The van der Waals surface area contributed by atoms with Gasteiger partial charge in [0.2, 0.25) is 4.96 Å². The Hall–Kier alpha value is -2.41. The van der Waals surface area contributed by atoms with Crippen molar-refractivity contribution in [3.05, 3.63) is 59.8 Å². The number of aliphatic hydroxyl groups excluding tert-OH is 1. The summed E-state index contributed by atoms with van der Waals surface area (Å²) in [6.45, 7) is 12.2. The topological polar surface area (TPSA) is 80.4 Å². The van der Waals surface area contributed by atoms with E-state index < -0.39 is 0 Å². The number of allylic oxidation sites excluding steroid dienone is 2. The third kappa shape index (κ3) is 6.87. The van der Waals surface area contributed by atoms with Gasteiger partial charge >= 0.3 is 0 Å². The number of carbonyl (C=O) groups excluding carboxylic acids is 1. The van der Waals surface area contributed by atoms with Crippen molar-refractivity contribution < 1.29 is 30.0 Å². The molecule has 1 aromatic carbocycles. The number of ketones is 1. The molecule has 0 aliphatic rings. The van der Waals surface area contributed by atoms with E-state index in [4.69, 9.17) is 0 Å². The Balaban J connectivity index is 0.000000260. The molecular formula is C28H35IrN4O2S-. The second kappa shape index (κ2) is 13.8. The summed E-state index contributed by atoms with van der Waals surface area (Å²) in [6, 6.07) is 9.63. The van der Waals surface area contributed by atoms with E-state index in [1.54, 1.807) is 17.7 Å². The average Bonchev–Trinajstić information content (AvgIpc) is 3.42. The van der Waals surface area contributed by atoms with Gasteiger partial charge in [0.15, 0.2) is 5.78 Å². The zero-order chi connectivity index (χ0) is 25.5. The number of hydrogen-bond donors (Lipinski definition) is 1. The summed E-state index contributed by atoms with van der Waals surface area (Å²) in [6.07, 6.45) is 8.47. The van der Waals surface area contributed by atoms with Crippen LogP contribution in [-0.2, 0) is 24.9 Å². The van der Waals surface area contributed by atoms with Crippen LogP contribution in [0.5, 0.6) is 0 Å². The monoisotopic (exact) mass is 684 g/mol. The molecule has 8 heteroatoms. The Morgan fingerprint density at radius 3 is 2.39 bits per heavy atom. The van der Waals surface area contributed by atoms with Crippen LogP contribution in [0.25, 0.3) is 26.4 Å². The van der Waals surface area contributed by atoms with E-state index in [1.807, 2.05) is 44.4 Å². The molecule has 4 rings (SSSR count). The van der Waals surface area contributed by atoms with E-state index in [1.165, 1.54) is 11.6 Å². The molecule has 3 heterocycles. The number of fused-ring (bicyclic) bond motifs is 3. The van der Waals surface area contributed by atoms with E-state index in [2.05, 4.69) is 47.2 Å². The molecule has 0 unspecified atom stereocenters. The van der Waals surface area contributed by atoms with E-state index in [9.17, 15) is 9.90 Å². The SMILES string of the molecule is CCC(CC)C(=O)/C=C(\O)C(CC)CC.Cc1[c-]c(-c2nccc3c2sc2nncn23)cc(C)c1.[Ir]. The molecule has 1 radical (unpaired) electrons. The summed E-state index contributed by atoms with van der Waals surface area (Å²) < 4.78 is 3.12. The van der Waals surface area contributed by atoms with Gasteiger partial charge in [0.1, 0.15) is 6.33 Å². The molecule has 0 aliphatic carbocycles. The zero-order valence-electron chi connectivity index (χ0n) is 21.8. The van der Waals surface area contributed by atoms with Gasteiger partial charge in [-0.1, -0.05) is 41.5 Å². The molecule has 0 atom stereocenters. The summed E-state index contributed by atoms with van der Waals surface area (Å²) in [7, 11) is 0. The molecule has 0 saturated heterocycles. The Morgan fingerprint density at radius 1 is 1.11 bits per heavy atom. The van der Waals surface area contributed by atoms with Crippen LogP contribution >= 0.6 is 11.3 Å². The maximum absolute atomic E-state index is 11.7. The fourth-order valence-corrected chi connectivity index (χ4v) is 5.32. The summed E-state index contributed by atoms with van der Waals surface area (Å²) in [5, 5.41) is 17.8. The van der Waals surface area contributed by atoms with Crippen molar-refractivity contribution in [3.8, 4) is 11.3 Å². The van der Waals surface area contributed by atoms with Crippen LogP contribution in [0, 0.1) is 31.7 Å². The Bertz CT molecular complexity index is 1300. The molecule has 3 aromatic heterocycles. The first kappa shape index (κ1) is 29.8. The van der Waals surface area contributed by atoms with Crippen molar-refractivity contribution >= 4 is 32.3 Å². The number of benzene rings is 1. The quantitative estimate of drug-likeness (QED) is 0.120. The van der Waals surface area contributed by atoms with E-state index in [0.29, 0.717) is 0 Å². The zero-order valence-corrected chi connectivity index (χ0v) is 25.0. The molecule has 0 aliphatic heterocycles. The Kier molecular flexibility index (Phi) is 11.4. The predicted octanol–water partition coefficient (Wildman–Crippen LogP) is 7.29. The van der Waals surface area contributed by atoms with Crippen molar-refractivity contribution in [2.75, 3.05) is 0 Å². The van der Waals surface area contributed by atoms with Gasteiger partial charge in [-0.05, 0) is 31.7 Å². The van der Waals surface area contributed by atoms with Crippen LogP contribution in [0.15, 0.2) is 42.6 Å². The summed E-state index contributed by atoms with van der Waals surface area (Å²) in [5.74, 6) is 0.547. The minimum absolute atomic E-state index is 0. The van der Waals surface area contributed by atoms with E-state index >= 15 is 0 Å². The number of aromatic nitrogens is 4. The summed E-state index contributed by atoms with van der Waals surface area (Å²) in [4.78, 5) is 17.2. The molecule has 195 valence electrons.